The molecule has 4 rings (SSSR count). The number of carbonyl (C=O) groups is 2. The van der Waals surface area contributed by atoms with Crippen LogP contribution in [0.4, 0.5) is 20.2 Å². The Hall–Kier alpha value is -3.80. The summed E-state index contributed by atoms with van der Waals surface area (Å²) in [6.45, 7) is 1.93. The van der Waals surface area contributed by atoms with Crippen molar-refractivity contribution in [1.82, 2.24) is 0 Å². The molecule has 4 nitrogen and oxygen atoms in total. The normalized spacial score (nSPS) is 14.0. The van der Waals surface area contributed by atoms with Crippen molar-refractivity contribution in [2.24, 2.45) is 0 Å². The summed E-state index contributed by atoms with van der Waals surface area (Å²) in [6, 6.07) is 17.9. The molecular weight excluding hydrogens is 374 g/mol. The number of carbonyl (C=O) groups excluding carboxylic acids is 2. The Balaban J connectivity index is 1.82. The average Bonchev–Trinajstić information content (AvgIpc) is 2.94. The minimum atomic E-state index is -0.611. The molecule has 0 aromatic heterocycles. The molecule has 1 aliphatic rings. The first-order valence-corrected chi connectivity index (χ1v) is 8.92. The van der Waals surface area contributed by atoms with E-state index >= 15 is 0 Å². The standard InChI is InChI=1S/C23H16F2N2O2/c1-14-5-11-18(12-6-14)26-21-20(15-7-9-16(24)10-8-15)22(28)27(23(21)29)19-4-2-3-17(25)13-19/h2-13,26H,1H3. The molecule has 1 heterocycles. The van der Waals surface area contributed by atoms with Crippen molar-refractivity contribution in [1.29, 1.82) is 0 Å². The number of anilines is 2. The number of hydrogen-bond donors (Lipinski definition) is 1. The van der Waals surface area contributed by atoms with Gasteiger partial charge in [-0.3, -0.25) is 9.59 Å². The number of nitrogens with one attached hydrogen (secondary N) is 1. The Bertz CT molecular complexity index is 1140. The zero-order valence-corrected chi connectivity index (χ0v) is 15.4. The van der Waals surface area contributed by atoms with Crippen molar-refractivity contribution >= 4 is 28.8 Å². The summed E-state index contributed by atoms with van der Waals surface area (Å²) in [4.78, 5) is 27.2. The van der Waals surface area contributed by atoms with Gasteiger partial charge in [0.05, 0.1) is 11.3 Å². The summed E-state index contributed by atoms with van der Waals surface area (Å²) >= 11 is 0. The van der Waals surface area contributed by atoms with Gasteiger partial charge in [-0.2, -0.15) is 0 Å². The van der Waals surface area contributed by atoms with Crippen LogP contribution in [0.25, 0.3) is 5.57 Å². The summed E-state index contributed by atoms with van der Waals surface area (Å²) in [7, 11) is 0. The highest BCUT2D eigenvalue weighted by atomic mass is 19.1. The minimum absolute atomic E-state index is 0.0507. The second-order valence-corrected chi connectivity index (χ2v) is 6.67. The first kappa shape index (κ1) is 18.6. The predicted octanol–water partition coefficient (Wildman–Crippen LogP) is 4.67. The highest BCUT2D eigenvalue weighted by Crippen LogP contribution is 2.34. The van der Waals surface area contributed by atoms with Gasteiger partial charge in [0.1, 0.15) is 17.3 Å². The number of nitrogens with zero attached hydrogens (tertiary/aromatic N) is 1. The lowest BCUT2D eigenvalue weighted by molar-refractivity contribution is -0.120. The van der Waals surface area contributed by atoms with Gasteiger partial charge < -0.3 is 5.32 Å². The van der Waals surface area contributed by atoms with Crippen LogP contribution in [0.15, 0.2) is 78.5 Å². The average molecular weight is 390 g/mol. The van der Waals surface area contributed by atoms with Crippen LogP contribution < -0.4 is 10.2 Å². The van der Waals surface area contributed by atoms with E-state index in [1.807, 2.05) is 19.1 Å². The van der Waals surface area contributed by atoms with Crippen molar-refractivity contribution in [3.63, 3.8) is 0 Å². The number of halogens is 2. The molecule has 0 aliphatic carbocycles. The van der Waals surface area contributed by atoms with Crippen LogP contribution in [0.5, 0.6) is 0 Å². The van der Waals surface area contributed by atoms with Crippen LogP contribution in [0, 0.1) is 18.6 Å². The SMILES string of the molecule is Cc1ccc(NC2=C(c3ccc(F)cc3)C(=O)N(c3cccc(F)c3)C2=O)cc1. The molecule has 144 valence electrons. The van der Waals surface area contributed by atoms with Crippen LogP contribution in [0.3, 0.4) is 0 Å². The van der Waals surface area contributed by atoms with Gasteiger partial charge in [0.15, 0.2) is 0 Å². The molecule has 0 atom stereocenters. The molecule has 0 saturated heterocycles. The third kappa shape index (κ3) is 3.52. The molecule has 3 aromatic carbocycles. The minimum Gasteiger partial charge on any atom is -0.350 e. The van der Waals surface area contributed by atoms with Crippen molar-refractivity contribution in [2.45, 2.75) is 6.92 Å². The number of hydrogen-bond acceptors (Lipinski definition) is 3. The summed E-state index contributed by atoms with van der Waals surface area (Å²) in [5.41, 5.74) is 2.32. The molecule has 2 amide bonds. The molecule has 29 heavy (non-hydrogen) atoms. The smallest absolute Gasteiger partial charge is 0.282 e. The maximum Gasteiger partial charge on any atom is 0.282 e. The number of benzene rings is 3. The molecule has 0 unspecified atom stereocenters. The molecule has 0 radical (unpaired) electrons. The van der Waals surface area contributed by atoms with Gasteiger partial charge in [-0.1, -0.05) is 35.9 Å². The zero-order valence-electron chi connectivity index (χ0n) is 15.4. The van der Waals surface area contributed by atoms with Crippen molar-refractivity contribution in [3.8, 4) is 0 Å². The molecule has 0 bridgehead atoms. The van der Waals surface area contributed by atoms with Crippen LogP contribution in [0.1, 0.15) is 11.1 Å². The highest BCUT2D eigenvalue weighted by Gasteiger charge is 2.40. The second kappa shape index (κ2) is 7.31. The summed E-state index contributed by atoms with van der Waals surface area (Å²) in [6.07, 6.45) is 0. The van der Waals surface area contributed by atoms with Gasteiger partial charge in [0, 0.05) is 5.69 Å². The molecule has 0 saturated carbocycles. The van der Waals surface area contributed by atoms with Crippen LogP contribution >= 0.6 is 0 Å². The van der Waals surface area contributed by atoms with E-state index in [9.17, 15) is 18.4 Å². The molecule has 1 aliphatic heterocycles. The van der Waals surface area contributed by atoms with Crippen molar-refractivity contribution < 1.29 is 18.4 Å². The Morgan fingerprint density at radius 2 is 1.48 bits per heavy atom. The molecule has 6 heteroatoms. The van der Waals surface area contributed by atoms with Crippen LogP contribution in [-0.2, 0) is 9.59 Å². The highest BCUT2D eigenvalue weighted by molar-refractivity contribution is 6.46. The van der Waals surface area contributed by atoms with Gasteiger partial charge in [-0.25, -0.2) is 13.7 Å². The number of aryl methyl sites for hydroxylation is 1. The maximum atomic E-state index is 13.7. The molecule has 0 spiro atoms. The summed E-state index contributed by atoms with van der Waals surface area (Å²) in [5.74, 6) is -2.24. The van der Waals surface area contributed by atoms with Gasteiger partial charge in [-0.05, 0) is 55.0 Å². The Morgan fingerprint density at radius 3 is 2.14 bits per heavy atom. The quantitative estimate of drug-likeness (QED) is 0.659. The van der Waals surface area contributed by atoms with E-state index in [-0.39, 0.29) is 17.0 Å². The summed E-state index contributed by atoms with van der Waals surface area (Å²) < 4.78 is 27.1. The fraction of sp³-hybridized carbons (Fsp3) is 0.0435. The van der Waals surface area contributed by atoms with Crippen LogP contribution in [0.2, 0.25) is 0 Å². The first-order valence-electron chi connectivity index (χ1n) is 8.92. The fourth-order valence-electron chi connectivity index (χ4n) is 3.16. The molecular formula is C23H16F2N2O2. The maximum absolute atomic E-state index is 13.7. The molecule has 1 N–H and O–H groups in total. The van der Waals surface area contributed by atoms with Crippen LogP contribution in [-0.4, -0.2) is 11.8 Å². The van der Waals surface area contributed by atoms with E-state index in [0.717, 1.165) is 16.5 Å². The van der Waals surface area contributed by atoms with Gasteiger partial charge in [0.2, 0.25) is 0 Å². The van der Waals surface area contributed by atoms with E-state index in [1.54, 1.807) is 12.1 Å². The Labute approximate surface area is 166 Å². The fourth-order valence-corrected chi connectivity index (χ4v) is 3.16. The second-order valence-electron chi connectivity index (χ2n) is 6.67. The molecule has 3 aromatic rings. The van der Waals surface area contributed by atoms with E-state index < -0.39 is 23.4 Å². The number of rotatable bonds is 4. The van der Waals surface area contributed by atoms with Crippen molar-refractivity contribution in [2.75, 3.05) is 10.2 Å². The van der Waals surface area contributed by atoms with Crippen molar-refractivity contribution in [3.05, 3.63) is 101 Å². The third-order valence-electron chi connectivity index (χ3n) is 4.60. The number of imide groups is 1. The number of amides is 2. The van der Waals surface area contributed by atoms with Gasteiger partial charge in [-0.15, -0.1) is 0 Å². The predicted molar refractivity (Wildman–Crippen MR) is 107 cm³/mol. The monoisotopic (exact) mass is 390 g/mol. The lowest BCUT2D eigenvalue weighted by Crippen LogP contribution is -2.32. The largest absolute Gasteiger partial charge is 0.350 e. The van der Waals surface area contributed by atoms with Gasteiger partial charge in [0.25, 0.3) is 11.8 Å². The topological polar surface area (TPSA) is 49.4 Å². The van der Waals surface area contributed by atoms with Gasteiger partial charge >= 0.3 is 0 Å². The first-order chi connectivity index (χ1) is 13.9. The summed E-state index contributed by atoms with van der Waals surface area (Å²) in [5, 5.41) is 3.01. The van der Waals surface area contributed by atoms with E-state index in [1.165, 1.54) is 42.5 Å². The van der Waals surface area contributed by atoms with E-state index in [4.69, 9.17) is 0 Å². The third-order valence-corrected chi connectivity index (χ3v) is 4.60. The van der Waals surface area contributed by atoms with E-state index in [0.29, 0.717) is 11.3 Å². The zero-order chi connectivity index (χ0) is 20.5. The Kier molecular flexibility index (Phi) is 4.68. The Morgan fingerprint density at radius 1 is 0.793 bits per heavy atom. The lowest BCUT2D eigenvalue weighted by Gasteiger charge is -2.15. The molecule has 0 fully saturated rings. The lowest BCUT2D eigenvalue weighted by atomic mass is 10.0. The van der Waals surface area contributed by atoms with E-state index in [2.05, 4.69) is 5.32 Å².